The van der Waals surface area contributed by atoms with Gasteiger partial charge in [-0.1, -0.05) is 42.1 Å². The first-order valence-corrected chi connectivity index (χ1v) is 6.32. The van der Waals surface area contributed by atoms with Crippen molar-refractivity contribution in [2.45, 2.75) is 10.3 Å². The molecule has 0 saturated heterocycles. The number of fused-ring (bicyclic) bond motifs is 1. The topological polar surface area (TPSA) is 18.5 Å². The SMILES string of the molecule is COc1ccccc1C1Oc2ccccc2S1. The van der Waals surface area contributed by atoms with Gasteiger partial charge in [-0.15, -0.1) is 0 Å². The highest BCUT2D eigenvalue weighted by molar-refractivity contribution is 7.99. The lowest BCUT2D eigenvalue weighted by Crippen LogP contribution is -2.00. The molecule has 0 aromatic heterocycles. The van der Waals surface area contributed by atoms with Crippen molar-refractivity contribution in [1.82, 2.24) is 0 Å². The Morgan fingerprint density at radius 2 is 1.82 bits per heavy atom. The highest BCUT2D eigenvalue weighted by Crippen LogP contribution is 2.49. The molecule has 0 amide bonds. The van der Waals surface area contributed by atoms with Gasteiger partial charge < -0.3 is 9.47 Å². The molecule has 0 aliphatic carbocycles. The van der Waals surface area contributed by atoms with E-state index in [1.807, 2.05) is 42.5 Å². The van der Waals surface area contributed by atoms with Crippen molar-refractivity contribution < 1.29 is 9.47 Å². The van der Waals surface area contributed by atoms with Crippen molar-refractivity contribution >= 4 is 11.8 Å². The summed E-state index contributed by atoms with van der Waals surface area (Å²) in [6, 6.07) is 16.1. The van der Waals surface area contributed by atoms with E-state index in [4.69, 9.17) is 9.47 Å². The van der Waals surface area contributed by atoms with Gasteiger partial charge in [0.15, 0.2) is 5.44 Å². The van der Waals surface area contributed by atoms with Crippen LogP contribution in [0.5, 0.6) is 11.5 Å². The Kier molecular flexibility index (Phi) is 2.69. The van der Waals surface area contributed by atoms with Gasteiger partial charge in [0.1, 0.15) is 11.5 Å². The molecule has 3 heteroatoms. The van der Waals surface area contributed by atoms with Crippen LogP contribution >= 0.6 is 11.8 Å². The van der Waals surface area contributed by atoms with E-state index in [-0.39, 0.29) is 5.44 Å². The summed E-state index contributed by atoms with van der Waals surface area (Å²) in [6.07, 6.45) is 0. The van der Waals surface area contributed by atoms with Crippen molar-refractivity contribution in [1.29, 1.82) is 0 Å². The summed E-state index contributed by atoms with van der Waals surface area (Å²) < 4.78 is 11.3. The Labute approximate surface area is 105 Å². The molecule has 1 atom stereocenters. The summed E-state index contributed by atoms with van der Waals surface area (Å²) in [7, 11) is 1.69. The van der Waals surface area contributed by atoms with E-state index < -0.39 is 0 Å². The average Bonchev–Trinajstić information content (AvgIpc) is 2.82. The fourth-order valence-corrected chi connectivity index (χ4v) is 2.98. The van der Waals surface area contributed by atoms with Gasteiger partial charge in [-0.3, -0.25) is 0 Å². The maximum atomic E-state index is 5.92. The fourth-order valence-electron chi connectivity index (χ4n) is 1.89. The van der Waals surface area contributed by atoms with Crippen LogP contribution in [0.3, 0.4) is 0 Å². The van der Waals surface area contributed by atoms with E-state index in [2.05, 4.69) is 6.07 Å². The summed E-state index contributed by atoms with van der Waals surface area (Å²) in [6.45, 7) is 0. The van der Waals surface area contributed by atoms with Gasteiger partial charge >= 0.3 is 0 Å². The van der Waals surface area contributed by atoms with Crippen LogP contribution in [0.15, 0.2) is 53.4 Å². The van der Waals surface area contributed by atoms with Gasteiger partial charge in [0.2, 0.25) is 0 Å². The first-order valence-electron chi connectivity index (χ1n) is 5.44. The standard InChI is InChI=1S/C14H12O2S/c1-15-11-7-3-2-6-10(11)14-16-12-8-4-5-9-13(12)17-14/h2-9,14H,1H3. The number of ether oxygens (including phenoxy) is 2. The molecule has 2 aromatic rings. The summed E-state index contributed by atoms with van der Waals surface area (Å²) in [5.74, 6) is 1.83. The number of thioether (sulfide) groups is 1. The van der Waals surface area contributed by atoms with E-state index in [1.54, 1.807) is 18.9 Å². The van der Waals surface area contributed by atoms with Crippen molar-refractivity contribution in [3.05, 3.63) is 54.1 Å². The maximum absolute atomic E-state index is 5.92. The molecule has 1 unspecified atom stereocenters. The smallest absolute Gasteiger partial charge is 0.177 e. The van der Waals surface area contributed by atoms with Crippen LogP contribution in [-0.2, 0) is 0 Å². The second-order valence-electron chi connectivity index (χ2n) is 3.76. The molecule has 0 saturated carbocycles. The first-order chi connectivity index (χ1) is 8.38. The largest absolute Gasteiger partial charge is 0.496 e. The van der Waals surface area contributed by atoms with E-state index in [0.29, 0.717) is 0 Å². The van der Waals surface area contributed by atoms with Crippen LogP contribution < -0.4 is 9.47 Å². The van der Waals surface area contributed by atoms with Crippen molar-refractivity contribution in [2.75, 3.05) is 7.11 Å². The van der Waals surface area contributed by atoms with Gasteiger partial charge in [0.05, 0.1) is 12.0 Å². The average molecular weight is 244 g/mol. The van der Waals surface area contributed by atoms with E-state index >= 15 is 0 Å². The predicted molar refractivity (Wildman–Crippen MR) is 68.7 cm³/mol. The van der Waals surface area contributed by atoms with E-state index in [9.17, 15) is 0 Å². The minimum absolute atomic E-state index is 0.0106. The predicted octanol–water partition coefficient (Wildman–Crippen LogP) is 3.88. The molecule has 0 fully saturated rings. The van der Waals surface area contributed by atoms with Gasteiger partial charge in [0, 0.05) is 5.56 Å². The maximum Gasteiger partial charge on any atom is 0.177 e. The summed E-state index contributed by atoms with van der Waals surface area (Å²) in [4.78, 5) is 1.18. The molecule has 0 radical (unpaired) electrons. The van der Waals surface area contributed by atoms with Crippen LogP contribution in [0, 0.1) is 0 Å². The molecular weight excluding hydrogens is 232 g/mol. The number of methoxy groups -OCH3 is 1. The molecule has 1 aliphatic heterocycles. The van der Waals surface area contributed by atoms with Gasteiger partial charge in [-0.2, -0.15) is 0 Å². The lowest BCUT2D eigenvalue weighted by molar-refractivity contribution is 0.293. The minimum atomic E-state index is -0.0106. The van der Waals surface area contributed by atoms with Gasteiger partial charge in [-0.05, 0) is 18.2 Å². The molecule has 2 aromatic carbocycles. The molecule has 2 nitrogen and oxygen atoms in total. The zero-order chi connectivity index (χ0) is 11.7. The van der Waals surface area contributed by atoms with Crippen LogP contribution in [-0.4, -0.2) is 7.11 Å². The summed E-state index contributed by atoms with van der Waals surface area (Å²) in [5, 5.41) is 0. The van der Waals surface area contributed by atoms with Crippen LogP contribution in [0.1, 0.15) is 11.0 Å². The molecule has 1 aliphatic rings. The third kappa shape index (κ3) is 1.87. The molecule has 0 N–H and O–H groups in total. The lowest BCUT2D eigenvalue weighted by Gasteiger charge is -2.13. The van der Waals surface area contributed by atoms with E-state index in [0.717, 1.165) is 17.1 Å². The van der Waals surface area contributed by atoms with Crippen molar-refractivity contribution in [3.8, 4) is 11.5 Å². The molecular formula is C14H12O2S. The quantitative estimate of drug-likeness (QED) is 0.798. The third-order valence-corrected chi connectivity index (χ3v) is 3.87. The lowest BCUT2D eigenvalue weighted by atomic mass is 10.2. The van der Waals surface area contributed by atoms with E-state index in [1.165, 1.54) is 4.90 Å². The van der Waals surface area contributed by atoms with Crippen molar-refractivity contribution in [3.63, 3.8) is 0 Å². The number of hydrogen-bond acceptors (Lipinski definition) is 3. The molecule has 17 heavy (non-hydrogen) atoms. The molecule has 0 bridgehead atoms. The Bertz CT molecular complexity index is 514. The Hall–Kier alpha value is -1.61. The van der Waals surface area contributed by atoms with Crippen LogP contribution in [0.25, 0.3) is 0 Å². The van der Waals surface area contributed by atoms with Crippen LogP contribution in [0.4, 0.5) is 0 Å². The normalized spacial score (nSPS) is 17.4. The molecule has 3 rings (SSSR count). The highest BCUT2D eigenvalue weighted by Gasteiger charge is 2.26. The summed E-state index contributed by atoms with van der Waals surface area (Å²) >= 11 is 1.72. The first kappa shape index (κ1) is 10.5. The number of benzene rings is 2. The molecule has 0 spiro atoms. The monoisotopic (exact) mass is 244 g/mol. The fraction of sp³-hybridized carbons (Fsp3) is 0.143. The molecule has 1 heterocycles. The zero-order valence-corrected chi connectivity index (χ0v) is 10.2. The minimum Gasteiger partial charge on any atom is -0.496 e. The van der Waals surface area contributed by atoms with Gasteiger partial charge in [-0.25, -0.2) is 0 Å². The second kappa shape index (κ2) is 4.34. The van der Waals surface area contributed by atoms with Crippen LogP contribution in [0.2, 0.25) is 0 Å². The van der Waals surface area contributed by atoms with Gasteiger partial charge in [0.25, 0.3) is 0 Å². The third-order valence-electron chi connectivity index (χ3n) is 2.71. The molecule has 86 valence electrons. The Morgan fingerprint density at radius 3 is 2.65 bits per heavy atom. The summed E-state index contributed by atoms with van der Waals surface area (Å²) in [5.41, 5.74) is 1.07. The number of para-hydroxylation sites is 2. The highest BCUT2D eigenvalue weighted by atomic mass is 32.2. The Balaban J connectivity index is 1.94. The number of rotatable bonds is 2. The Morgan fingerprint density at radius 1 is 1.06 bits per heavy atom. The number of hydrogen-bond donors (Lipinski definition) is 0. The second-order valence-corrected chi connectivity index (χ2v) is 4.86. The van der Waals surface area contributed by atoms with Crippen molar-refractivity contribution in [2.24, 2.45) is 0 Å². The zero-order valence-electron chi connectivity index (χ0n) is 9.42.